The van der Waals surface area contributed by atoms with Crippen molar-refractivity contribution < 1.29 is 17.7 Å². The van der Waals surface area contributed by atoms with Crippen LogP contribution in [-0.4, -0.2) is 28.1 Å². The number of halogens is 3. The second kappa shape index (κ2) is 10.1. The molecule has 178 valence electrons. The van der Waals surface area contributed by atoms with Gasteiger partial charge in [0.25, 0.3) is 5.89 Å². The van der Waals surface area contributed by atoms with Crippen molar-refractivity contribution in [1.82, 2.24) is 15.0 Å². The zero-order valence-corrected chi connectivity index (χ0v) is 20.0. The van der Waals surface area contributed by atoms with E-state index < -0.39 is 11.1 Å². The number of allylic oxidation sites excluding steroid dienone is 5. The molecule has 4 nitrogen and oxygen atoms in total. The van der Waals surface area contributed by atoms with Gasteiger partial charge in [0.2, 0.25) is 5.82 Å². The third-order valence-corrected chi connectivity index (χ3v) is 7.07. The standard InChI is InChI=1S/C26H26F3N3OS/c1-4-6-10-18(5-2)21-15-22(34-23(21)26(27,28)29)25-30-24(31-33-25)20-12-9-11-19(17(20)3)16-32-13-7-8-14-32/h4-6,9-12,15H,2,7-8,13-14,16H2,1,3H3/b6-4-,18-10+. The molecule has 4 rings (SSSR count). The van der Waals surface area contributed by atoms with Crippen LogP contribution >= 0.6 is 11.3 Å². The maximum Gasteiger partial charge on any atom is 0.426 e. The van der Waals surface area contributed by atoms with Crippen molar-refractivity contribution in [1.29, 1.82) is 0 Å². The summed E-state index contributed by atoms with van der Waals surface area (Å²) in [6.45, 7) is 10.5. The van der Waals surface area contributed by atoms with Gasteiger partial charge < -0.3 is 4.52 Å². The molecule has 2 aromatic heterocycles. The molecule has 0 bridgehead atoms. The number of benzene rings is 1. The summed E-state index contributed by atoms with van der Waals surface area (Å²) in [6.07, 6.45) is 4.35. The van der Waals surface area contributed by atoms with Crippen LogP contribution in [0, 0.1) is 6.92 Å². The minimum absolute atomic E-state index is 0.0455. The van der Waals surface area contributed by atoms with Crippen LogP contribution in [0.4, 0.5) is 13.2 Å². The first-order chi connectivity index (χ1) is 16.3. The van der Waals surface area contributed by atoms with Crippen LogP contribution in [0.2, 0.25) is 0 Å². The molecule has 0 aliphatic carbocycles. The normalized spacial score (nSPS) is 15.5. The minimum atomic E-state index is -4.51. The Bertz CT molecular complexity index is 1230. The quantitative estimate of drug-likeness (QED) is 0.324. The molecule has 3 aromatic rings. The van der Waals surface area contributed by atoms with E-state index in [9.17, 15) is 13.2 Å². The zero-order chi connectivity index (χ0) is 24.3. The van der Waals surface area contributed by atoms with E-state index in [0.717, 1.165) is 30.8 Å². The summed E-state index contributed by atoms with van der Waals surface area (Å²) in [5.74, 6) is 0.434. The third-order valence-electron chi connectivity index (χ3n) is 5.91. The highest BCUT2D eigenvalue weighted by molar-refractivity contribution is 7.15. The molecule has 1 fully saturated rings. The second-order valence-corrected chi connectivity index (χ2v) is 9.25. The van der Waals surface area contributed by atoms with Gasteiger partial charge in [-0.05, 0) is 62.5 Å². The van der Waals surface area contributed by atoms with Crippen LogP contribution in [0.15, 0.2) is 59.7 Å². The molecule has 0 spiro atoms. The summed E-state index contributed by atoms with van der Waals surface area (Å²) >= 11 is 0.593. The summed E-state index contributed by atoms with van der Waals surface area (Å²) in [5.41, 5.74) is 3.47. The second-order valence-electron chi connectivity index (χ2n) is 8.20. The zero-order valence-electron chi connectivity index (χ0n) is 19.2. The van der Waals surface area contributed by atoms with E-state index in [0.29, 0.717) is 22.7 Å². The van der Waals surface area contributed by atoms with Crippen molar-refractivity contribution in [2.45, 2.75) is 39.4 Å². The molecule has 0 N–H and O–H groups in total. The van der Waals surface area contributed by atoms with E-state index in [2.05, 4.69) is 27.7 Å². The maximum atomic E-state index is 13.8. The first-order valence-electron chi connectivity index (χ1n) is 11.1. The van der Waals surface area contributed by atoms with Crippen LogP contribution in [-0.2, 0) is 12.7 Å². The number of hydrogen-bond acceptors (Lipinski definition) is 5. The van der Waals surface area contributed by atoms with Crippen molar-refractivity contribution >= 4 is 16.9 Å². The van der Waals surface area contributed by atoms with Gasteiger partial charge in [-0.25, -0.2) is 0 Å². The summed E-state index contributed by atoms with van der Waals surface area (Å²) in [5, 5.41) is 4.09. The monoisotopic (exact) mass is 485 g/mol. The van der Waals surface area contributed by atoms with E-state index in [-0.39, 0.29) is 16.3 Å². The predicted octanol–water partition coefficient (Wildman–Crippen LogP) is 7.53. The van der Waals surface area contributed by atoms with Crippen LogP contribution in [0.3, 0.4) is 0 Å². The van der Waals surface area contributed by atoms with Gasteiger partial charge in [-0.2, -0.15) is 18.2 Å². The number of rotatable bonds is 7. The Morgan fingerprint density at radius 2 is 2.03 bits per heavy atom. The van der Waals surface area contributed by atoms with Crippen LogP contribution in [0.5, 0.6) is 0 Å². The Morgan fingerprint density at radius 1 is 1.26 bits per heavy atom. The van der Waals surface area contributed by atoms with Gasteiger partial charge in [0, 0.05) is 17.7 Å². The summed E-state index contributed by atoms with van der Waals surface area (Å²) in [7, 11) is 0. The molecule has 0 unspecified atom stereocenters. The molecule has 1 aliphatic rings. The fourth-order valence-electron chi connectivity index (χ4n) is 4.10. The molecule has 0 saturated carbocycles. The fourth-order valence-corrected chi connectivity index (χ4v) is 5.07. The van der Waals surface area contributed by atoms with Gasteiger partial charge >= 0.3 is 6.18 Å². The van der Waals surface area contributed by atoms with Gasteiger partial charge in [0.15, 0.2) is 0 Å². The van der Waals surface area contributed by atoms with E-state index in [1.54, 1.807) is 25.2 Å². The fraction of sp³-hybridized carbons (Fsp3) is 0.308. The molecule has 3 heterocycles. The van der Waals surface area contributed by atoms with Gasteiger partial charge in [-0.15, -0.1) is 11.3 Å². The van der Waals surface area contributed by atoms with Crippen LogP contribution < -0.4 is 0 Å². The summed E-state index contributed by atoms with van der Waals surface area (Å²) < 4.78 is 46.8. The topological polar surface area (TPSA) is 42.2 Å². The molecule has 1 aliphatic heterocycles. The Labute approximate surface area is 201 Å². The van der Waals surface area contributed by atoms with Crippen molar-refractivity contribution in [3.05, 3.63) is 76.7 Å². The largest absolute Gasteiger partial charge is 0.426 e. The van der Waals surface area contributed by atoms with E-state index >= 15 is 0 Å². The molecule has 0 amide bonds. The highest BCUT2D eigenvalue weighted by atomic mass is 32.1. The average Bonchev–Trinajstić information content (AvgIpc) is 3.56. The smallest absolute Gasteiger partial charge is 0.333 e. The molecule has 1 aromatic carbocycles. The third kappa shape index (κ3) is 5.08. The number of hydrogen-bond donors (Lipinski definition) is 0. The molecular formula is C26H26F3N3OS. The van der Waals surface area contributed by atoms with Gasteiger partial charge in [-0.1, -0.05) is 54.2 Å². The minimum Gasteiger partial charge on any atom is -0.333 e. The van der Waals surface area contributed by atoms with Crippen LogP contribution in [0.25, 0.3) is 27.7 Å². The Balaban J connectivity index is 1.69. The average molecular weight is 486 g/mol. The summed E-state index contributed by atoms with van der Waals surface area (Å²) in [6, 6.07) is 7.40. The van der Waals surface area contributed by atoms with Crippen LogP contribution in [0.1, 0.15) is 41.3 Å². The molecule has 34 heavy (non-hydrogen) atoms. The van der Waals surface area contributed by atoms with Crippen molar-refractivity contribution in [2.75, 3.05) is 13.1 Å². The Morgan fingerprint density at radius 3 is 2.71 bits per heavy atom. The number of likely N-dealkylation sites (tertiary alicyclic amines) is 1. The van der Waals surface area contributed by atoms with Gasteiger partial charge in [0.1, 0.15) is 4.88 Å². The number of aromatic nitrogens is 2. The van der Waals surface area contributed by atoms with E-state index in [4.69, 9.17) is 4.52 Å². The maximum absolute atomic E-state index is 13.8. The molecular weight excluding hydrogens is 459 g/mol. The number of nitrogens with zero attached hydrogens (tertiary/aromatic N) is 3. The summed E-state index contributed by atoms with van der Waals surface area (Å²) in [4.78, 5) is 6.42. The highest BCUT2D eigenvalue weighted by Crippen LogP contribution is 2.44. The Hall–Kier alpha value is -2.97. The first kappa shape index (κ1) is 24.2. The molecule has 0 atom stereocenters. The number of thiophene rings is 1. The SMILES string of the molecule is C=C/C(=C\C=C/C)c1cc(-c2nc(-c3cccc(CN4CCCC4)c3C)no2)sc1C(F)(F)F. The highest BCUT2D eigenvalue weighted by Gasteiger charge is 2.37. The van der Waals surface area contributed by atoms with Gasteiger partial charge in [-0.3, -0.25) is 4.90 Å². The first-order valence-corrected chi connectivity index (χ1v) is 12.0. The lowest BCUT2D eigenvalue weighted by Crippen LogP contribution is -2.19. The van der Waals surface area contributed by atoms with E-state index in [1.165, 1.54) is 30.5 Å². The molecule has 1 saturated heterocycles. The lowest BCUT2D eigenvalue weighted by Gasteiger charge is -2.17. The molecule has 0 radical (unpaired) electrons. The predicted molar refractivity (Wildman–Crippen MR) is 130 cm³/mol. The van der Waals surface area contributed by atoms with Crippen molar-refractivity contribution in [2.24, 2.45) is 0 Å². The molecule has 8 heteroatoms. The lowest BCUT2D eigenvalue weighted by atomic mass is 10.0. The van der Waals surface area contributed by atoms with Crippen molar-refractivity contribution in [3.63, 3.8) is 0 Å². The lowest BCUT2D eigenvalue weighted by molar-refractivity contribution is -0.134. The van der Waals surface area contributed by atoms with Gasteiger partial charge in [0.05, 0.1) is 4.88 Å². The van der Waals surface area contributed by atoms with Crippen molar-refractivity contribution in [3.8, 4) is 22.2 Å². The van der Waals surface area contributed by atoms with E-state index in [1.807, 2.05) is 19.1 Å². The Kier molecular flexibility index (Phi) is 7.19. The number of alkyl halides is 3.